The summed E-state index contributed by atoms with van der Waals surface area (Å²) in [4.78, 5) is 4.98. The van der Waals surface area contributed by atoms with Crippen LogP contribution < -0.4 is 5.32 Å². The van der Waals surface area contributed by atoms with E-state index in [1.165, 1.54) is 18.2 Å². The van der Waals surface area contributed by atoms with E-state index in [1.807, 2.05) is 0 Å². The zero-order valence-corrected chi connectivity index (χ0v) is 15.9. The molecule has 0 unspecified atom stereocenters. The summed E-state index contributed by atoms with van der Waals surface area (Å²) < 4.78 is 42.0. The zero-order valence-electron chi connectivity index (χ0n) is 14.4. The third kappa shape index (κ3) is 3.16. The van der Waals surface area contributed by atoms with Crippen LogP contribution in [0.2, 0.25) is 10.0 Å². The van der Waals surface area contributed by atoms with Gasteiger partial charge in [0.1, 0.15) is 5.60 Å². The maximum absolute atomic E-state index is 14.0. The molecule has 0 amide bonds. The lowest BCUT2D eigenvalue weighted by atomic mass is 9.85. The monoisotopic (exact) mass is 430 g/mol. The van der Waals surface area contributed by atoms with Crippen molar-refractivity contribution in [1.82, 2.24) is 5.32 Å². The minimum Gasteiger partial charge on any atom is -0.382 e. The molecule has 148 valence electrons. The van der Waals surface area contributed by atoms with E-state index in [4.69, 9.17) is 28.0 Å². The van der Waals surface area contributed by atoms with Gasteiger partial charge < -0.3 is 15.3 Å². The highest BCUT2D eigenvalue weighted by atomic mass is 35.5. The van der Waals surface area contributed by atoms with E-state index in [0.29, 0.717) is 24.2 Å². The lowest BCUT2D eigenvalue weighted by molar-refractivity contribution is -0.275. The minimum atomic E-state index is -4.74. The van der Waals surface area contributed by atoms with Crippen LogP contribution in [0.1, 0.15) is 23.1 Å². The van der Waals surface area contributed by atoms with E-state index < -0.39 is 23.8 Å². The number of oxime groups is 1. The molecule has 0 spiro atoms. The molecule has 2 aliphatic rings. The first-order chi connectivity index (χ1) is 13.1. The number of β-amino-alcohol motifs (C(OH)–C–C–N with tert-alkyl or cyclic N) is 1. The molecule has 4 nitrogen and oxygen atoms in total. The van der Waals surface area contributed by atoms with Crippen LogP contribution in [0.15, 0.2) is 47.6 Å². The Bertz CT molecular complexity index is 923. The van der Waals surface area contributed by atoms with Crippen LogP contribution in [0.3, 0.4) is 0 Å². The quantitative estimate of drug-likeness (QED) is 0.760. The Morgan fingerprint density at radius 3 is 2.11 bits per heavy atom. The van der Waals surface area contributed by atoms with E-state index in [0.717, 1.165) is 0 Å². The molecule has 2 aromatic carbocycles. The fourth-order valence-corrected chi connectivity index (χ4v) is 3.91. The van der Waals surface area contributed by atoms with Crippen molar-refractivity contribution in [2.75, 3.05) is 13.1 Å². The number of alkyl halides is 3. The Balaban J connectivity index is 1.65. The second kappa shape index (κ2) is 6.62. The van der Waals surface area contributed by atoms with Gasteiger partial charge in [-0.3, -0.25) is 0 Å². The van der Waals surface area contributed by atoms with Gasteiger partial charge >= 0.3 is 6.18 Å². The van der Waals surface area contributed by atoms with Crippen LogP contribution in [0, 0.1) is 0 Å². The van der Waals surface area contributed by atoms with Gasteiger partial charge in [0.05, 0.1) is 5.71 Å². The number of halogens is 5. The smallest absolute Gasteiger partial charge is 0.382 e. The van der Waals surface area contributed by atoms with Crippen LogP contribution in [-0.4, -0.2) is 30.1 Å². The average Bonchev–Trinajstić information content (AvgIpc) is 3.06. The first kappa shape index (κ1) is 19.5. The van der Waals surface area contributed by atoms with Crippen molar-refractivity contribution in [1.29, 1.82) is 0 Å². The largest absolute Gasteiger partial charge is 0.435 e. The molecule has 0 bridgehead atoms. The van der Waals surface area contributed by atoms with Gasteiger partial charge in [-0.25, -0.2) is 0 Å². The van der Waals surface area contributed by atoms with Crippen molar-refractivity contribution in [3.63, 3.8) is 0 Å². The number of hydrogen-bond donors (Lipinski definition) is 2. The lowest BCUT2D eigenvalue weighted by Gasteiger charge is -2.38. The minimum absolute atomic E-state index is 0.0786. The Morgan fingerprint density at radius 2 is 1.61 bits per heavy atom. The van der Waals surface area contributed by atoms with Crippen LogP contribution in [0.5, 0.6) is 0 Å². The van der Waals surface area contributed by atoms with Crippen LogP contribution >= 0.6 is 23.2 Å². The molecule has 2 aromatic rings. The molecule has 1 atom stereocenters. The third-order valence-electron chi connectivity index (χ3n) is 5.11. The maximum Gasteiger partial charge on any atom is 0.435 e. The predicted molar refractivity (Wildman–Crippen MR) is 99.6 cm³/mol. The van der Waals surface area contributed by atoms with Gasteiger partial charge in [0.2, 0.25) is 0 Å². The van der Waals surface area contributed by atoms with Gasteiger partial charge in [-0.1, -0.05) is 52.6 Å². The molecule has 1 fully saturated rings. The summed E-state index contributed by atoms with van der Waals surface area (Å²) in [6, 6.07) is 10.3. The number of benzene rings is 2. The van der Waals surface area contributed by atoms with Crippen molar-refractivity contribution in [2.45, 2.75) is 23.8 Å². The maximum atomic E-state index is 14.0. The molecule has 0 radical (unpaired) electrons. The Morgan fingerprint density at radius 1 is 1.00 bits per heavy atom. The van der Waals surface area contributed by atoms with Gasteiger partial charge in [0.15, 0.2) is 0 Å². The Hall–Kier alpha value is -1.80. The summed E-state index contributed by atoms with van der Waals surface area (Å²) in [6.45, 7) is 0.867. The molecular weight excluding hydrogens is 416 g/mol. The Kier molecular flexibility index (Phi) is 4.62. The number of nitrogens with zero attached hydrogens (tertiary/aromatic N) is 1. The SMILES string of the molecule is OC1(c2ccc(C3=NO[C@](c4cc(Cl)cc(Cl)c4)(C(F)(F)F)C3)cc2)CNC1. The molecule has 4 rings (SSSR count). The summed E-state index contributed by atoms with van der Waals surface area (Å²) in [5, 5.41) is 17.2. The molecule has 2 N–H and O–H groups in total. The summed E-state index contributed by atoms with van der Waals surface area (Å²) in [5.74, 6) is 0. The number of rotatable bonds is 3. The summed E-state index contributed by atoms with van der Waals surface area (Å²) in [5.41, 5.74) is -2.48. The van der Waals surface area contributed by atoms with Crippen LogP contribution in [-0.2, 0) is 16.0 Å². The summed E-state index contributed by atoms with van der Waals surface area (Å²) >= 11 is 11.8. The molecule has 2 aliphatic heterocycles. The van der Waals surface area contributed by atoms with Crippen molar-refractivity contribution in [3.05, 3.63) is 69.2 Å². The normalized spacial score (nSPS) is 23.7. The van der Waals surface area contributed by atoms with E-state index in [2.05, 4.69) is 10.5 Å². The standard InChI is InChI=1S/C19H15Cl2F3N2O2/c20-14-5-13(6-15(21)7-14)18(19(22,23)24)8-16(26-28-18)11-1-3-12(4-2-11)17(27)9-25-10-17/h1-7,25,27H,8-10H2/t18-/m1/s1. The summed E-state index contributed by atoms with van der Waals surface area (Å²) in [6.07, 6.45) is -5.25. The second-order valence-corrected chi connectivity index (χ2v) is 7.87. The molecule has 1 saturated heterocycles. The molecular formula is C19H15Cl2F3N2O2. The van der Waals surface area contributed by atoms with Crippen molar-refractivity contribution in [2.24, 2.45) is 5.16 Å². The number of hydrogen-bond acceptors (Lipinski definition) is 4. The van der Waals surface area contributed by atoms with Gasteiger partial charge in [-0.2, -0.15) is 13.2 Å². The van der Waals surface area contributed by atoms with Gasteiger partial charge in [0.25, 0.3) is 5.60 Å². The predicted octanol–water partition coefficient (Wildman–Crippen LogP) is 4.37. The van der Waals surface area contributed by atoms with E-state index in [1.54, 1.807) is 24.3 Å². The van der Waals surface area contributed by atoms with Crippen molar-refractivity contribution < 1.29 is 23.1 Å². The van der Waals surface area contributed by atoms with E-state index in [-0.39, 0.29) is 21.3 Å². The Labute approximate surface area is 168 Å². The second-order valence-electron chi connectivity index (χ2n) is 7.00. The highest BCUT2D eigenvalue weighted by Gasteiger charge is 2.62. The third-order valence-corrected chi connectivity index (χ3v) is 5.54. The highest BCUT2D eigenvalue weighted by molar-refractivity contribution is 6.34. The lowest BCUT2D eigenvalue weighted by Crippen LogP contribution is -2.56. The first-order valence-corrected chi connectivity index (χ1v) is 9.21. The van der Waals surface area contributed by atoms with Crippen LogP contribution in [0.25, 0.3) is 0 Å². The zero-order chi connectivity index (χ0) is 20.2. The first-order valence-electron chi connectivity index (χ1n) is 8.45. The van der Waals surface area contributed by atoms with Gasteiger partial charge in [-0.05, 0) is 29.3 Å². The highest BCUT2D eigenvalue weighted by Crippen LogP contribution is 2.49. The fourth-order valence-electron chi connectivity index (χ4n) is 3.38. The molecule has 9 heteroatoms. The molecule has 0 aromatic heterocycles. The molecule has 28 heavy (non-hydrogen) atoms. The van der Waals surface area contributed by atoms with Crippen LogP contribution in [0.4, 0.5) is 13.2 Å². The molecule has 0 aliphatic carbocycles. The number of aliphatic hydroxyl groups is 1. The molecule has 2 heterocycles. The van der Waals surface area contributed by atoms with Crippen molar-refractivity contribution in [3.8, 4) is 0 Å². The van der Waals surface area contributed by atoms with E-state index >= 15 is 0 Å². The van der Waals surface area contributed by atoms with Crippen molar-refractivity contribution >= 4 is 28.9 Å². The topological polar surface area (TPSA) is 53.9 Å². The average molecular weight is 431 g/mol. The number of nitrogens with one attached hydrogen (secondary N) is 1. The fraction of sp³-hybridized carbons (Fsp3) is 0.316. The molecule has 0 saturated carbocycles. The summed E-state index contributed by atoms with van der Waals surface area (Å²) in [7, 11) is 0. The van der Waals surface area contributed by atoms with Gasteiger partial charge in [0, 0.05) is 35.1 Å². The van der Waals surface area contributed by atoms with Gasteiger partial charge in [-0.15, -0.1) is 0 Å². The van der Waals surface area contributed by atoms with E-state index in [9.17, 15) is 18.3 Å².